The number of thiophene rings is 1. The largest absolute Gasteiger partial charge is 0.496 e. The number of nitrogens with zero attached hydrogens (tertiary/aromatic N) is 3. The summed E-state index contributed by atoms with van der Waals surface area (Å²) >= 11 is 1.36. The zero-order valence-electron chi connectivity index (χ0n) is 13.6. The van der Waals surface area contributed by atoms with Crippen LogP contribution in [-0.4, -0.2) is 16.7 Å². The molecule has 0 amide bonds. The number of fused-ring (bicyclic) bond motifs is 3. The van der Waals surface area contributed by atoms with E-state index >= 15 is 0 Å². The molecule has 122 valence electrons. The van der Waals surface area contributed by atoms with Crippen LogP contribution in [0.5, 0.6) is 5.75 Å². The number of aryl methyl sites for hydroxylation is 1. The molecule has 0 radical (unpaired) electrons. The lowest BCUT2D eigenvalue weighted by Gasteiger charge is -2.08. The summed E-state index contributed by atoms with van der Waals surface area (Å²) in [6, 6.07) is 11.2. The summed E-state index contributed by atoms with van der Waals surface area (Å²) in [5.74, 6) is 0.711. The van der Waals surface area contributed by atoms with Gasteiger partial charge in [0.05, 0.1) is 24.1 Å². The Kier molecular flexibility index (Phi) is 3.52. The molecule has 0 spiro atoms. The van der Waals surface area contributed by atoms with Crippen molar-refractivity contribution < 1.29 is 4.74 Å². The highest BCUT2D eigenvalue weighted by molar-refractivity contribution is 7.25. The predicted octanol–water partition coefficient (Wildman–Crippen LogP) is 3.79. The fourth-order valence-corrected chi connectivity index (χ4v) is 4.04. The highest BCUT2D eigenvalue weighted by Crippen LogP contribution is 2.36. The van der Waals surface area contributed by atoms with Crippen molar-refractivity contribution in [3.63, 3.8) is 0 Å². The van der Waals surface area contributed by atoms with Crippen LogP contribution in [-0.2, 0) is 0 Å². The topological polar surface area (TPSA) is 67.9 Å². The Labute approximate surface area is 147 Å². The monoisotopic (exact) mass is 347 g/mol. The number of pyridine rings is 2. The van der Waals surface area contributed by atoms with Gasteiger partial charge in [0.25, 0.3) is 5.56 Å². The maximum Gasteiger partial charge on any atom is 0.273 e. The first-order valence-electron chi connectivity index (χ1n) is 7.62. The molecular formula is C19H13N3O2S. The van der Waals surface area contributed by atoms with Crippen molar-refractivity contribution in [2.75, 3.05) is 7.11 Å². The van der Waals surface area contributed by atoms with Crippen LogP contribution in [0.4, 0.5) is 0 Å². The predicted molar refractivity (Wildman–Crippen MR) is 98.7 cm³/mol. The van der Waals surface area contributed by atoms with Crippen molar-refractivity contribution in [1.29, 1.82) is 5.26 Å². The number of benzene rings is 1. The van der Waals surface area contributed by atoms with Crippen molar-refractivity contribution in [1.82, 2.24) is 9.55 Å². The Balaban J connectivity index is 2.01. The van der Waals surface area contributed by atoms with Gasteiger partial charge in [0.15, 0.2) is 0 Å². The van der Waals surface area contributed by atoms with Crippen LogP contribution in [0, 0.1) is 18.3 Å². The lowest BCUT2D eigenvalue weighted by Crippen LogP contribution is -2.16. The maximum absolute atomic E-state index is 13.0. The average Bonchev–Trinajstić information content (AvgIpc) is 3.02. The third-order valence-electron chi connectivity index (χ3n) is 4.22. The fourth-order valence-electron chi connectivity index (χ4n) is 2.96. The van der Waals surface area contributed by atoms with Gasteiger partial charge in [0.1, 0.15) is 15.3 Å². The zero-order valence-corrected chi connectivity index (χ0v) is 14.4. The molecule has 0 aliphatic carbocycles. The van der Waals surface area contributed by atoms with Crippen LogP contribution in [0.15, 0.2) is 47.5 Å². The smallest absolute Gasteiger partial charge is 0.273 e. The van der Waals surface area contributed by atoms with Gasteiger partial charge in [-0.15, -0.1) is 11.3 Å². The van der Waals surface area contributed by atoms with E-state index in [1.54, 1.807) is 42.3 Å². The van der Waals surface area contributed by atoms with Crippen LogP contribution in [0.3, 0.4) is 0 Å². The summed E-state index contributed by atoms with van der Waals surface area (Å²) in [5, 5.41) is 10.8. The second-order valence-electron chi connectivity index (χ2n) is 5.64. The maximum atomic E-state index is 13.0. The molecule has 0 saturated heterocycles. The Morgan fingerprint density at radius 1 is 1.28 bits per heavy atom. The average molecular weight is 347 g/mol. The quantitative estimate of drug-likeness (QED) is 0.553. The van der Waals surface area contributed by atoms with Gasteiger partial charge in [-0.05, 0) is 42.8 Å². The lowest BCUT2D eigenvalue weighted by molar-refractivity contribution is 0.420. The second kappa shape index (κ2) is 5.72. The Morgan fingerprint density at radius 3 is 2.84 bits per heavy atom. The van der Waals surface area contributed by atoms with Gasteiger partial charge in [0.2, 0.25) is 0 Å². The van der Waals surface area contributed by atoms with E-state index in [9.17, 15) is 4.79 Å². The molecule has 0 fully saturated rings. The molecule has 0 aliphatic rings. The second-order valence-corrected chi connectivity index (χ2v) is 6.64. The zero-order chi connectivity index (χ0) is 17.6. The lowest BCUT2D eigenvalue weighted by atomic mass is 10.1. The Bertz CT molecular complexity index is 1230. The summed E-state index contributed by atoms with van der Waals surface area (Å²) in [6.45, 7) is 1.86. The molecule has 0 aliphatic heterocycles. The number of methoxy groups -OCH3 is 1. The van der Waals surface area contributed by atoms with E-state index in [2.05, 4.69) is 11.1 Å². The van der Waals surface area contributed by atoms with E-state index in [1.807, 2.05) is 19.1 Å². The minimum absolute atomic E-state index is 0.105. The van der Waals surface area contributed by atoms with Crippen molar-refractivity contribution in [3.8, 4) is 17.5 Å². The number of rotatable bonds is 2. The molecule has 3 aromatic heterocycles. The molecule has 0 unspecified atom stereocenters. The van der Waals surface area contributed by atoms with Crippen molar-refractivity contribution in [2.45, 2.75) is 6.92 Å². The van der Waals surface area contributed by atoms with E-state index in [-0.39, 0.29) is 5.56 Å². The van der Waals surface area contributed by atoms with Gasteiger partial charge in [-0.1, -0.05) is 0 Å². The van der Waals surface area contributed by atoms with E-state index in [1.165, 1.54) is 11.3 Å². The molecule has 6 heteroatoms. The third kappa shape index (κ3) is 2.29. The molecule has 4 rings (SSSR count). The summed E-state index contributed by atoms with van der Waals surface area (Å²) in [4.78, 5) is 18.1. The Hall–Kier alpha value is -3.17. The standard InChI is InChI=1S/C19H13N3O2S/c1-11-9-13(4-3-12(11)10-20)22-8-6-14-16-15(24-2)5-7-21-18(16)25-17(14)19(22)23/h3-9H,1-2H3. The van der Waals surface area contributed by atoms with Crippen LogP contribution >= 0.6 is 11.3 Å². The fraction of sp³-hybridized carbons (Fsp3) is 0.105. The number of aromatic nitrogens is 2. The van der Waals surface area contributed by atoms with Gasteiger partial charge in [-0.2, -0.15) is 5.26 Å². The molecule has 0 N–H and O–H groups in total. The van der Waals surface area contributed by atoms with E-state index < -0.39 is 0 Å². The van der Waals surface area contributed by atoms with Crippen LogP contribution in [0.2, 0.25) is 0 Å². The first-order valence-corrected chi connectivity index (χ1v) is 8.43. The van der Waals surface area contributed by atoms with Crippen LogP contribution < -0.4 is 10.3 Å². The molecule has 0 bridgehead atoms. The molecule has 25 heavy (non-hydrogen) atoms. The minimum Gasteiger partial charge on any atom is -0.496 e. The highest BCUT2D eigenvalue weighted by Gasteiger charge is 2.15. The van der Waals surface area contributed by atoms with Crippen molar-refractivity contribution >= 4 is 31.6 Å². The molecule has 3 heterocycles. The number of hydrogen-bond donors (Lipinski definition) is 0. The van der Waals surface area contributed by atoms with E-state index in [0.29, 0.717) is 16.0 Å². The number of nitriles is 1. The van der Waals surface area contributed by atoms with Gasteiger partial charge < -0.3 is 4.74 Å². The molecule has 1 aromatic carbocycles. The first kappa shape index (κ1) is 15.4. The van der Waals surface area contributed by atoms with Gasteiger partial charge >= 0.3 is 0 Å². The van der Waals surface area contributed by atoms with E-state index in [4.69, 9.17) is 10.00 Å². The van der Waals surface area contributed by atoms with E-state index in [0.717, 1.165) is 26.9 Å². The molecule has 5 nitrogen and oxygen atoms in total. The summed E-state index contributed by atoms with van der Waals surface area (Å²) < 4.78 is 7.65. The summed E-state index contributed by atoms with van der Waals surface area (Å²) in [6.07, 6.45) is 3.43. The minimum atomic E-state index is -0.105. The highest BCUT2D eigenvalue weighted by atomic mass is 32.1. The van der Waals surface area contributed by atoms with Crippen LogP contribution in [0.1, 0.15) is 11.1 Å². The van der Waals surface area contributed by atoms with Crippen molar-refractivity contribution in [3.05, 3.63) is 64.2 Å². The molecular weight excluding hydrogens is 334 g/mol. The first-order chi connectivity index (χ1) is 12.1. The molecule has 0 atom stereocenters. The SMILES string of the molecule is COc1ccnc2sc3c(=O)n(-c4ccc(C#N)c(C)c4)ccc3c12. The summed E-state index contributed by atoms with van der Waals surface area (Å²) in [5.41, 5.74) is 2.08. The van der Waals surface area contributed by atoms with Crippen LogP contribution in [0.25, 0.3) is 26.0 Å². The Morgan fingerprint density at radius 2 is 2.12 bits per heavy atom. The normalized spacial score (nSPS) is 10.9. The number of ether oxygens (including phenoxy) is 1. The molecule has 0 saturated carbocycles. The summed E-state index contributed by atoms with van der Waals surface area (Å²) in [7, 11) is 1.61. The number of hydrogen-bond acceptors (Lipinski definition) is 5. The molecule has 4 aromatic rings. The van der Waals surface area contributed by atoms with Gasteiger partial charge in [-0.25, -0.2) is 4.98 Å². The van der Waals surface area contributed by atoms with Crippen molar-refractivity contribution in [2.24, 2.45) is 0 Å². The third-order valence-corrected chi connectivity index (χ3v) is 5.32. The van der Waals surface area contributed by atoms with Gasteiger partial charge in [0, 0.05) is 23.5 Å². The van der Waals surface area contributed by atoms with Gasteiger partial charge in [-0.3, -0.25) is 9.36 Å².